The molecule has 0 spiro atoms. The maximum Gasteiger partial charge on any atom is 0.0495 e. The molecule has 0 radical (unpaired) electrons. The highest BCUT2D eigenvalue weighted by atomic mass is 14.9. The molecule has 9 aromatic carbocycles. The average molecular weight is 610 g/mol. The summed E-state index contributed by atoms with van der Waals surface area (Å²) in [5.74, 6) is 0. The highest BCUT2D eigenvalue weighted by molar-refractivity contribution is 6.22. The van der Waals surface area contributed by atoms with E-state index in [2.05, 4.69) is 181 Å². The fourth-order valence-electron chi connectivity index (χ4n) is 8.00. The first-order chi connectivity index (χ1) is 23.7. The molecule has 10 aromatic rings. The monoisotopic (exact) mass is 609 g/mol. The largest absolute Gasteiger partial charge is 0.344 e. The third-order valence-electron chi connectivity index (χ3n) is 10.3. The van der Waals surface area contributed by atoms with Crippen LogP contribution in [0.2, 0.25) is 0 Å². The molecule has 0 fully saturated rings. The molecule has 1 aromatic heterocycles. The lowest BCUT2D eigenvalue weighted by Crippen LogP contribution is -1.91. The van der Waals surface area contributed by atoms with E-state index < -0.39 is 0 Å². The van der Waals surface area contributed by atoms with Crippen LogP contribution in [0.4, 0.5) is 0 Å². The van der Waals surface area contributed by atoms with Gasteiger partial charge in [-0.2, -0.15) is 0 Å². The molecular formula is C47H31N. The molecule has 0 aliphatic carbocycles. The minimum atomic E-state index is 1.23. The first kappa shape index (κ1) is 27.0. The average Bonchev–Trinajstić information content (AvgIpc) is 3.42. The number of rotatable bonds is 3. The van der Waals surface area contributed by atoms with Crippen molar-refractivity contribution in [2.75, 3.05) is 0 Å². The zero-order chi connectivity index (χ0) is 31.8. The van der Waals surface area contributed by atoms with E-state index in [-0.39, 0.29) is 0 Å². The summed E-state index contributed by atoms with van der Waals surface area (Å²) in [6, 6.07) is 62.7. The normalized spacial score (nSPS) is 11.9. The van der Waals surface area contributed by atoms with Gasteiger partial charge < -0.3 is 4.57 Å². The van der Waals surface area contributed by atoms with Gasteiger partial charge in [0.1, 0.15) is 0 Å². The van der Waals surface area contributed by atoms with Gasteiger partial charge in [0, 0.05) is 28.9 Å². The van der Waals surface area contributed by atoms with Gasteiger partial charge in [-0.05, 0) is 107 Å². The molecule has 0 atom stereocenters. The van der Waals surface area contributed by atoms with Gasteiger partial charge in [0.25, 0.3) is 0 Å². The van der Waals surface area contributed by atoms with Crippen molar-refractivity contribution in [2.24, 2.45) is 7.05 Å². The molecular weight excluding hydrogens is 579 g/mol. The number of hydrogen-bond acceptors (Lipinski definition) is 0. The van der Waals surface area contributed by atoms with Crippen LogP contribution < -0.4 is 0 Å². The summed E-state index contributed by atoms with van der Waals surface area (Å²) in [5.41, 5.74) is 10.0. The van der Waals surface area contributed by atoms with E-state index in [0.717, 1.165) is 0 Å². The maximum atomic E-state index is 2.42. The van der Waals surface area contributed by atoms with Crippen LogP contribution in [0, 0.1) is 0 Å². The fraction of sp³-hybridized carbons (Fsp3) is 0.0213. The van der Waals surface area contributed by atoms with Crippen LogP contribution in [-0.4, -0.2) is 4.57 Å². The van der Waals surface area contributed by atoms with E-state index in [1.807, 2.05) is 0 Å². The molecule has 10 rings (SSSR count). The summed E-state index contributed by atoms with van der Waals surface area (Å²) in [4.78, 5) is 0. The van der Waals surface area contributed by atoms with Crippen LogP contribution in [0.5, 0.6) is 0 Å². The van der Waals surface area contributed by atoms with Crippen LogP contribution in [-0.2, 0) is 7.05 Å². The summed E-state index contributed by atoms with van der Waals surface area (Å²) in [5, 5.41) is 12.8. The molecule has 0 aliphatic rings. The molecule has 0 N–H and O–H groups in total. The molecule has 0 aliphatic heterocycles. The molecule has 0 unspecified atom stereocenters. The summed E-state index contributed by atoms with van der Waals surface area (Å²) in [6.07, 6.45) is 0. The third kappa shape index (κ3) is 4.04. The van der Waals surface area contributed by atoms with Crippen LogP contribution in [0.3, 0.4) is 0 Å². The molecule has 1 nitrogen and oxygen atoms in total. The number of aromatic nitrogens is 1. The Bertz CT molecular complexity index is 2830. The minimum Gasteiger partial charge on any atom is -0.344 e. The molecule has 224 valence electrons. The number of hydrogen-bond donors (Lipinski definition) is 0. The van der Waals surface area contributed by atoms with Crippen LogP contribution in [0.1, 0.15) is 0 Å². The summed E-state index contributed by atoms with van der Waals surface area (Å²) in [6.45, 7) is 0. The Labute approximate surface area is 278 Å². The first-order valence-electron chi connectivity index (χ1n) is 16.7. The van der Waals surface area contributed by atoms with Crippen LogP contribution >= 0.6 is 0 Å². The van der Waals surface area contributed by atoms with Gasteiger partial charge in [-0.25, -0.2) is 0 Å². The van der Waals surface area contributed by atoms with Crippen molar-refractivity contribution in [1.29, 1.82) is 0 Å². The molecule has 0 saturated carbocycles. The van der Waals surface area contributed by atoms with Gasteiger partial charge in [0.2, 0.25) is 0 Å². The molecule has 0 saturated heterocycles. The third-order valence-corrected chi connectivity index (χ3v) is 10.3. The van der Waals surface area contributed by atoms with Gasteiger partial charge in [0.05, 0.1) is 0 Å². The number of fused-ring (bicyclic) bond motifs is 7. The minimum absolute atomic E-state index is 1.23. The van der Waals surface area contributed by atoms with E-state index in [9.17, 15) is 0 Å². The Hall–Kier alpha value is -6.18. The van der Waals surface area contributed by atoms with Gasteiger partial charge in [-0.3, -0.25) is 0 Å². The van der Waals surface area contributed by atoms with E-state index in [1.165, 1.54) is 98.3 Å². The molecule has 0 bridgehead atoms. The van der Waals surface area contributed by atoms with Gasteiger partial charge >= 0.3 is 0 Å². The van der Waals surface area contributed by atoms with E-state index in [0.29, 0.717) is 0 Å². The second-order valence-corrected chi connectivity index (χ2v) is 13.0. The number of aryl methyl sites for hydroxylation is 1. The Morgan fingerprint density at radius 3 is 1.40 bits per heavy atom. The van der Waals surface area contributed by atoms with Crippen molar-refractivity contribution < 1.29 is 0 Å². The van der Waals surface area contributed by atoms with Crippen LogP contribution in [0.25, 0.3) is 98.3 Å². The lowest BCUT2D eigenvalue weighted by atomic mass is 9.85. The highest BCUT2D eigenvalue weighted by Crippen LogP contribution is 2.45. The predicted octanol–water partition coefficient (Wildman–Crippen LogP) is 12.9. The number of benzene rings is 9. The zero-order valence-electron chi connectivity index (χ0n) is 26.6. The summed E-state index contributed by atoms with van der Waals surface area (Å²) in [7, 11) is 2.18. The van der Waals surface area contributed by atoms with Crippen molar-refractivity contribution in [3.8, 4) is 33.4 Å². The Balaban J connectivity index is 1.18. The van der Waals surface area contributed by atoms with Crippen molar-refractivity contribution in [1.82, 2.24) is 4.57 Å². The van der Waals surface area contributed by atoms with Crippen molar-refractivity contribution in [3.05, 3.63) is 170 Å². The predicted molar refractivity (Wildman–Crippen MR) is 207 cm³/mol. The number of nitrogens with zero attached hydrogens (tertiary/aromatic N) is 1. The fourth-order valence-corrected chi connectivity index (χ4v) is 8.00. The van der Waals surface area contributed by atoms with Crippen LogP contribution in [0.15, 0.2) is 170 Å². The van der Waals surface area contributed by atoms with Gasteiger partial charge in [0.15, 0.2) is 0 Å². The quantitative estimate of drug-likeness (QED) is 0.176. The van der Waals surface area contributed by atoms with Crippen molar-refractivity contribution >= 4 is 64.9 Å². The molecule has 48 heavy (non-hydrogen) atoms. The lowest BCUT2D eigenvalue weighted by Gasteiger charge is -2.18. The van der Waals surface area contributed by atoms with Crippen molar-refractivity contribution in [2.45, 2.75) is 0 Å². The Kier molecular flexibility index (Phi) is 5.86. The maximum absolute atomic E-state index is 2.42. The van der Waals surface area contributed by atoms with Crippen molar-refractivity contribution in [3.63, 3.8) is 0 Å². The lowest BCUT2D eigenvalue weighted by molar-refractivity contribution is 1.02. The topological polar surface area (TPSA) is 4.93 Å². The smallest absolute Gasteiger partial charge is 0.0495 e. The molecule has 1 heterocycles. The van der Waals surface area contributed by atoms with E-state index in [1.54, 1.807) is 0 Å². The summed E-state index contributed by atoms with van der Waals surface area (Å²) >= 11 is 0. The van der Waals surface area contributed by atoms with E-state index >= 15 is 0 Å². The first-order valence-corrected chi connectivity index (χ1v) is 16.7. The SMILES string of the molecule is Cn1c2ccc(-c3c4ccccc4c(-c4ccc(-c5ccc6ccccc6c5)cc4)c4ccccc34)cc2c2cc3ccccc3cc21. The van der Waals surface area contributed by atoms with Gasteiger partial charge in [-0.15, -0.1) is 0 Å². The summed E-state index contributed by atoms with van der Waals surface area (Å²) < 4.78 is 2.34. The van der Waals surface area contributed by atoms with Gasteiger partial charge in [-0.1, -0.05) is 140 Å². The molecule has 0 amide bonds. The zero-order valence-corrected chi connectivity index (χ0v) is 26.6. The molecule has 1 heteroatoms. The van der Waals surface area contributed by atoms with E-state index in [4.69, 9.17) is 0 Å². The highest BCUT2D eigenvalue weighted by Gasteiger charge is 2.18. The standard InChI is InChI=1S/C47H31N/c1-48-44-25-24-37(28-42(44)43-27-34-12-4-5-13-35(34)29-45(43)48)47-40-16-8-6-14-38(40)46(39-15-7-9-17-41(39)47)32-21-18-31(19-22-32)36-23-20-30-10-2-3-11-33(30)26-36/h2-29H,1H3. The second kappa shape index (κ2) is 10.4. The second-order valence-electron chi connectivity index (χ2n) is 13.0. The Morgan fingerprint density at radius 1 is 0.292 bits per heavy atom. The Morgan fingerprint density at radius 2 is 0.750 bits per heavy atom.